The van der Waals surface area contributed by atoms with Crippen molar-refractivity contribution in [2.24, 2.45) is 0 Å². The molecular formula is C15H14FNO3. The molecule has 0 saturated carbocycles. The van der Waals surface area contributed by atoms with Gasteiger partial charge >= 0.3 is 5.97 Å². The molecule has 0 bridgehead atoms. The highest BCUT2D eigenvalue weighted by Gasteiger charge is 2.17. The van der Waals surface area contributed by atoms with Crippen molar-refractivity contribution < 1.29 is 18.7 Å². The minimum atomic E-state index is -0.804. The van der Waals surface area contributed by atoms with E-state index in [0.717, 1.165) is 0 Å². The molecular weight excluding hydrogens is 261 g/mol. The van der Waals surface area contributed by atoms with Crippen LogP contribution in [0.1, 0.15) is 6.92 Å². The SMILES string of the molecule is CC(Oc1cccc(N)c1)C(=O)Oc1ccc(F)cc1. The van der Waals surface area contributed by atoms with Gasteiger partial charge in [0.2, 0.25) is 0 Å². The molecule has 0 spiro atoms. The number of benzene rings is 2. The minimum absolute atomic E-state index is 0.263. The molecule has 0 heterocycles. The molecule has 0 aliphatic heterocycles. The fraction of sp³-hybridized carbons (Fsp3) is 0.133. The summed E-state index contributed by atoms with van der Waals surface area (Å²) in [6.07, 6.45) is -0.804. The Kier molecular flexibility index (Phi) is 4.20. The first-order valence-corrected chi connectivity index (χ1v) is 6.04. The fourth-order valence-corrected chi connectivity index (χ4v) is 1.54. The first-order valence-electron chi connectivity index (χ1n) is 6.04. The van der Waals surface area contributed by atoms with Crippen LogP contribution < -0.4 is 15.2 Å². The third-order valence-corrected chi connectivity index (χ3v) is 2.53. The zero-order valence-electron chi connectivity index (χ0n) is 10.9. The average Bonchev–Trinajstić information content (AvgIpc) is 2.41. The Morgan fingerprint density at radius 1 is 1.15 bits per heavy atom. The lowest BCUT2D eigenvalue weighted by molar-refractivity contribution is -0.141. The van der Waals surface area contributed by atoms with Gasteiger partial charge in [-0.15, -0.1) is 0 Å². The number of carbonyl (C=O) groups is 1. The average molecular weight is 275 g/mol. The van der Waals surface area contributed by atoms with Gasteiger partial charge < -0.3 is 15.2 Å². The van der Waals surface area contributed by atoms with E-state index in [0.29, 0.717) is 11.4 Å². The summed E-state index contributed by atoms with van der Waals surface area (Å²) >= 11 is 0. The molecule has 1 atom stereocenters. The molecule has 0 aliphatic rings. The summed E-state index contributed by atoms with van der Waals surface area (Å²) in [6.45, 7) is 1.56. The van der Waals surface area contributed by atoms with E-state index in [1.807, 2.05) is 0 Å². The van der Waals surface area contributed by atoms with Gasteiger partial charge in [-0.25, -0.2) is 9.18 Å². The Hall–Kier alpha value is -2.56. The Bertz CT molecular complexity index is 598. The molecule has 2 N–H and O–H groups in total. The predicted molar refractivity (Wildman–Crippen MR) is 73.0 cm³/mol. The molecule has 2 rings (SSSR count). The number of rotatable bonds is 4. The van der Waals surface area contributed by atoms with Crippen molar-refractivity contribution in [2.75, 3.05) is 5.73 Å². The molecule has 104 valence electrons. The zero-order chi connectivity index (χ0) is 14.5. The number of carbonyl (C=O) groups excluding carboxylic acids is 1. The highest BCUT2D eigenvalue weighted by atomic mass is 19.1. The molecule has 0 aliphatic carbocycles. The first kappa shape index (κ1) is 13.9. The van der Waals surface area contributed by atoms with Crippen molar-refractivity contribution in [3.63, 3.8) is 0 Å². The van der Waals surface area contributed by atoms with Crippen LogP contribution in [0.4, 0.5) is 10.1 Å². The zero-order valence-corrected chi connectivity index (χ0v) is 10.9. The van der Waals surface area contributed by atoms with E-state index in [2.05, 4.69) is 0 Å². The number of hydrogen-bond acceptors (Lipinski definition) is 4. The second kappa shape index (κ2) is 6.06. The van der Waals surface area contributed by atoms with Crippen LogP contribution in [0.5, 0.6) is 11.5 Å². The van der Waals surface area contributed by atoms with Gasteiger partial charge in [0.15, 0.2) is 6.10 Å². The van der Waals surface area contributed by atoms with Gasteiger partial charge in [0.05, 0.1) is 0 Å². The van der Waals surface area contributed by atoms with Crippen molar-refractivity contribution in [3.8, 4) is 11.5 Å². The Balaban J connectivity index is 1.96. The van der Waals surface area contributed by atoms with E-state index in [9.17, 15) is 9.18 Å². The van der Waals surface area contributed by atoms with Crippen molar-refractivity contribution in [1.29, 1.82) is 0 Å². The number of esters is 1. The fourth-order valence-electron chi connectivity index (χ4n) is 1.54. The Morgan fingerprint density at radius 2 is 1.85 bits per heavy atom. The van der Waals surface area contributed by atoms with E-state index < -0.39 is 17.9 Å². The number of ether oxygens (including phenoxy) is 2. The summed E-state index contributed by atoms with van der Waals surface area (Å²) in [7, 11) is 0. The first-order chi connectivity index (χ1) is 9.54. The number of halogens is 1. The number of nitrogen functional groups attached to an aromatic ring is 1. The van der Waals surface area contributed by atoms with E-state index in [-0.39, 0.29) is 5.75 Å². The minimum Gasteiger partial charge on any atom is -0.479 e. The second-order valence-electron chi connectivity index (χ2n) is 4.21. The maximum atomic E-state index is 12.7. The summed E-state index contributed by atoms with van der Waals surface area (Å²) < 4.78 is 23.2. The van der Waals surface area contributed by atoms with E-state index in [4.69, 9.17) is 15.2 Å². The lowest BCUT2D eigenvalue weighted by Crippen LogP contribution is -2.28. The quantitative estimate of drug-likeness (QED) is 0.529. The van der Waals surface area contributed by atoms with Crippen LogP contribution in [0.15, 0.2) is 48.5 Å². The van der Waals surface area contributed by atoms with E-state index >= 15 is 0 Å². The molecule has 5 heteroatoms. The van der Waals surface area contributed by atoms with E-state index in [1.54, 1.807) is 31.2 Å². The van der Waals surface area contributed by atoms with Gasteiger partial charge in [0.25, 0.3) is 0 Å². The van der Waals surface area contributed by atoms with Crippen LogP contribution in [0.2, 0.25) is 0 Å². The standard InChI is InChI=1S/C15H14FNO3/c1-10(19-14-4-2-3-12(17)9-14)15(18)20-13-7-5-11(16)6-8-13/h2-10H,17H2,1H3. The Labute approximate surface area is 115 Å². The summed E-state index contributed by atoms with van der Waals surface area (Å²) in [5, 5.41) is 0. The van der Waals surface area contributed by atoms with Crippen molar-refractivity contribution in [3.05, 3.63) is 54.3 Å². The Morgan fingerprint density at radius 3 is 2.50 bits per heavy atom. The molecule has 0 fully saturated rings. The lowest BCUT2D eigenvalue weighted by atomic mass is 10.3. The van der Waals surface area contributed by atoms with Crippen molar-refractivity contribution in [2.45, 2.75) is 13.0 Å². The molecule has 20 heavy (non-hydrogen) atoms. The van der Waals surface area contributed by atoms with Crippen LogP contribution in [0.3, 0.4) is 0 Å². The van der Waals surface area contributed by atoms with Crippen molar-refractivity contribution in [1.82, 2.24) is 0 Å². The summed E-state index contributed by atoms with van der Waals surface area (Å²) in [6, 6.07) is 11.9. The van der Waals surface area contributed by atoms with Gasteiger partial charge in [-0.2, -0.15) is 0 Å². The van der Waals surface area contributed by atoms with Crippen LogP contribution >= 0.6 is 0 Å². The summed E-state index contributed by atoms with van der Waals surface area (Å²) in [4.78, 5) is 11.8. The number of nitrogens with two attached hydrogens (primary N) is 1. The van der Waals surface area contributed by atoms with Gasteiger partial charge in [0, 0.05) is 11.8 Å². The molecule has 0 aromatic heterocycles. The third kappa shape index (κ3) is 3.71. The van der Waals surface area contributed by atoms with Gasteiger partial charge in [0.1, 0.15) is 17.3 Å². The molecule has 2 aromatic carbocycles. The number of hydrogen-bond donors (Lipinski definition) is 1. The van der Waals surface area contributed by atoms with Crippen LogP contribution in [0.25, 0.3) is 0 Å². The normalized spacial score (nSPS) is 11.7. The van der Waals surface area contributed by atoms with Crippen LogP contribution in [-0.2, 0) is 4.79 Å². The van der Waals surface area contributed by atoms with Gasteiger partial charge in [-0.3, -0.25) is 0 Å². The van der Waals surface area contributed by atoms with Gasteiger partial charge in [-0.05, 0) is 43.3 Å². The predicted octanol–water partition coefficient (Wildman–Crippen LogP) is 2.78. The maximum absolute atomic E-state index is 12.7. The largest absolute Gasteiger partial charge is 0.479 e. The third-order valence-electron chi connectivity index (χ3n) is 2.53. The highest BCUT2D eigenvalue weighted by molar-refractivity contribution is 5.77. The lowest BCUT2D eigenvalue weighted by Gasteiger charge is -2.14. The number of anilines is 1. The molecule has 0 saturated heterocycles. The molecule has 0 radical (unpaired) electrons. The van der Waals surface area contributed by atoms with Crippen molar-refractivity contribution >= 4 is 11.7 Å². The molecule has 4 nitrogen and oxygen atoms in total. The summed E-state index contributed by atoms with van der Waals surface area (Å²) in [5.74, 6) is -0.221. The van der Waals surface area contributed by atoms with Crippen LogP contribution in [0, 0.1) is 5.82 Å². The smallest absolute Gasteiger partial charge is 0.352 e. The molecule has 0 amide bonds. The highest BCUT2D eigenvalue weighted by Crippen LogP contribution is 2.17. The van der Waals surface area contributed by atoms with Gasteiger partial charge in [-0.1, -0.05) is 6.07 Å². The van der Waals surface area contributed by atoms with Crippen LogP contribution in [-0.4, -0.2) is 12.1 Å². The second-order valence-corrected chi connectivity index (χ2v) is 4.21. The summed E-state index contributed by atoms with van der Waals surface area (Å²) in [5.41, 5.74) is 6.16. The van der Waals surface area contributed by atoms with E-state index in [1.165, 1.54) is 24.3 Å². The monoisotopic (exact) mass is 275 g/mol. The molecule has 2 aromatic rings. The maximum Gasteiger partial charge on any atom is 0.352 e. The topological polar surface area (TPSA) is 61.5 Å². The molecule has 1 unspecified atom stereocenters.